The Morgan fingerprint density at radius 1 is 1.18 bits per heavy atom. The molecule has 0 amide bonds. The van der Waals surface area contributed by atoms with Crippen LogP contribution in [0.5, 0.6) is 5.75 Å². The van der Waals surface area contributed by atoms with Crippen LogP contribution in [0, 0.1) is 6.92 Å². The summed E-state index contributed by atoms with van der Waals surface area (Å²) in [6, 6.07) is 16.4. The van der Waals surface area contributed by atoms with E-state index in [-0.39, 0.29) is 12.1 Å². The quantitative estimate of drug-likeness (QED) is 0.690. The van der Waals surface area contributed by atoms with E-state index in [9.17, 15) is 5.11 Å². The fraction of sp³-hybridized carbons (Fsp3) is 0.364. The Kier molecular flexibility index (Phi) is 5.41. The summed E-state index contributed by atoms with van der Waals surface area (Å²) in [7, 11) is 1.68. The highest BCUT2D eigenvalue weighted by molar-refractivity contribution is 5.35. The Hall–Kier alpha value is -2.70. The minimum atomic E-state index is -0.341. The Balaban J connectivity index is 1.64. The standard InChI is InChI=1S/C22H26N4O2/c1-15-7-9-16(10-8-15)14-26-22(19-12-18(27)13-23-19)24-21(25-26)11-17-5-3-4-6-20(17)28-2/h3-10,18-19,23,27H,11-14H2,1-2H3/t18-,19+/m1/s1. The number of aryl methyl sites for hydroxylation is 1. The fourth-order valence-electron chi connectivity index (χ4n) is 3.65. The van der Waals surface area contributed by atoms with Crippen LogP contribution in [0.4, 0.5) is 0 Å². The van der Waals surface area contributed by atoms with Crippen LogP contribution in [-0.2, 0) is 13.0 Å². The zero-order valence-corrected chi connectivity index (χ0v) is 16.3. The highest BCUT2D eigenvalue weighted by Crippen LogP contribution is 2.25. The summed E-state index contributed by atoms with van der Waals surface area (Å²) in [5.41, 5.74) is 3.47. The van der Waals surface area contributed by atoms with E-state index in [4.69, 9.17) is 14.8 Å². The van der Waals surface area contributed by atoms with Gasteiger partial charge in [-0.3, -0.25) is 0 Å². The van der Waals surface area contributed by atoms with Gasteiger partial charge < -0.3 is 15.2 Å². The van der Waals surface area contributed by atoms with Crippen molar-refractivity contribution in [2.45, 2.75) is 38.5 Å². The molecule has 1 saturated heterocycles. The summed E-state index contributed by atoms with van der Waals surface area (Å²) in [6.07, 6.45) is 0.917. The molecule has 6 nitrogen and oxygen atoms in total. The van der Waals surface area contributed by atoms with E-state index < -0.39 is 0 Å². The van der Waals surface area contributed by atoms with Crippen LogP contribution in [0.3, 0.4) is 0 Å². The van der Waals surface area contributed by atoms with Crippen molar-refractivity contribution in [3.8, 4) is 5.75 Å². The third-order valence-corrected chi connectivity index (χ3v) is 5.16. The molecule has 0 aliphatic carbocycles. The van der Waals surface area contributed by atoms with Crippen molar-refractivity contribution >= 4 is 0 Å². The smallest absolute Gasteiger partial charge is 0.155 e. The summed E-state index contributed by atoms with van der Waals surface area (Å²) in [6.45, 7) is 3.33. The number of para-hydroxylation sites is 1. The first kappa shape index (κ1) is 18.7. The SMILES string of the molecule is COc1ccccc1Cc1nc([C@@H]2C[C@@H](O)CN2)n(Cc2ccc(C)cc2)n1. The minimum Gasteiger partial charge on any atom is -0.496 e. The van der Waals surface area contributed by atoms with Gasteiger partial charge in [0.05, 0.1) is 25.8 Å². The van der Waals surface area contributed by atoms with E-state index in [2.05, 4.69) is 36.5 Å². The van der Waals surface area contributed by atoms with E-state index in [0.29, 0.717) is 25.9 Å². The van der Waals surface area contributed by atoms with Crippen LogP contribution in [0.25, 0.3) is 0 Å². The normalized spacial score (nSPS) is 19.1. The molecule has 2 atom stereocenters. The second-order valence-electron chi connectivity index (χ2n) is 7.37. The van der Waals surface area contributed by atoms with Gasteiger partial charge >= 0.3 is 0 Å². The summed E-state index contributed by atoms with van der Waals surface area (Å²) in [5, 5.41) is 18.1. The average Bonchev–Trinajstić information content (AvgIpc) is 3.30. The lowest BCUT2D eigenvalue weighted by Crippen LogP contribution is -2.19. The third kappa shape index (κ3) is 4.08. The number of nitrogens with zero attached hydrogens (tertiary/aromatic N) is 3. The Morgan fingerprint density at radius 3 is 2.68 bits per heavy atom. The number of rotatable bonds is 6. The van der Waals surface area contributed by atoms with Gasteiger partial charge in [-0.1, -0.05) is 48.0 Å². The first-order valence-electron chi connectivity index (χ1n) is 9.65. The van der Waals surface area contributed by atoms with Crippen molar-refractivity contribution in [2.24, 2.45) is 0 Å². The van der Waals surface area contributed by atoms with Crippen molar-refractivity contribution in [3.63, 3.8) is 0 Å². The molecule has 0 radical (unpaired) electrons. The van der Waals surface area contributed by atoms with Gasteiger partial charge in [0.15, 0.2) is 5.82 Å². The highest BCUT2D eigenvalue weighted by Gasteiger charge is 2.28. The lowest BCUT2D eigenvalue weighted by molar-refractivity contribution is 0.192. The number of methoxy groups -OCH3 is 1. The molecule has 0 bridgehead atoms. The predicted octanol–water partition coefficient (Wildman–Crippen LogP) is 2.63. The van der Waals surface area contributed by atoms with E-state index in [1.807, 2.05) is 28.9 Å². The molecule has 1 aromatic heterocycles. The molecule has 2 heterocycles. The first-order chi connectivity index (χ1) is 13.6. The fourth-order valence-corrected chi connectivity index (χ4v) is 3.65. The summed E-state index contributed by atoms with van der Waals surface area (Å²) in [4.78, 5) is 4.83. The van der Waals surface area contributed by atoms with Gasteiger partial charge in [-0.25, -0.2) is 9.67 Å². The van der Waals surface area contributed by atoms with Crippen LogP contribution < -0.4 is 10.1 Å². The number of hydrogen-bond donors (Lipinski definition) is 2. The predicted molar refractivity (Wildman–Crippen MR) is 107 cm³/mol. The molecule has 1 aliphatic heterocycles. The Morgan fingerprint density at radius 2 is 1.96 bits per heavy atom. The Labute approximate surface area is 165 Å². The van der Waals surface area contributed by atoms with Crippen molar-refractivity contribution in [1.82, 2.24) is 20.1 Å². The number of aliphatic hydroxyl groups is 1. The van der Waals surface area contributed by atoms with E-state index in [1.165, 1.54) is 11.1 Å². The molecule has 3 aromatic rings. The molecule has 0 saturated carbocycles. The molecular formula is C22H26N4O2. The Bertz CT molecular complexity index is 936. The van der Waals surface area contributed by atoms with Gasteiger partial charge in [0.25, 0.3) is 0 Å². The van der Waals surface area contributed by atoms with E-state index >= 15 is 0 Å². The van der Waals surface area contributed by atoms with Crippen LogP contribution in [0.15, 0.2) is 48.5 Å². The number of benzene rings is 2. The number of nitrogens with one attached hydrogen (secondary N) is 1. The highest BCUT2D eigenvalue weighted by atomic mass is 16.5. The summed E-state index contributed by atoms with van der Waals surface area (Å²) >= 11 is 0. The van der Waals surface area contributed by atoms with Crippen LogP contribution in [-0.4, -0.2) is 39.6 Å². The number of ether oxygens (including phenoxy) is 1. The minimum absolute atomic E-state index is 0.0133. The van der Waals surface area contributed by atoms with E-state index in [0.717, 1.165) is 23.0 Å². The topological polar surface area (TPSA) is 72.2 Å². The largest absolute Gasteiger partial charge is 0.496 e. The lowest BCUT2D eigenvalue weighted by atomic mass is 10.1. The molecule has 4 rings (SSSR count). The molecule has 2 aromatic carbocycles. The molecule has 28 heavy (non-hydrogen) atoms. The molecule has 1 fully saturated rings. The van der Waals surface area contributed by atoms with Crippen LogP contribution in [0.2, 0.25) is 0 Å². The van der Waals surface area contributed by atoms with Gasteiger partial charge in [0.1, 0.15) is 11.6 Å². The van der Waals surface area contributed by atoms with Crippen molar-refractivity contribution in [2.75, 3.05) is 13.7 Å². The van der Waals surface area contributed by atoms with Gasteiger partial charge in [-0.2, -0.15) is 5.10 Å². The van der Waals surface area contributed by atoms with Gasteiger partial charge in [-0.05, 0) is 25.0 Å². The third-order valence-electron chi connectivity index (χ3n) is 5.16. The maximum atomic E-state index is 9.95. The number of hydrogen-bond acceptors (Lipinski definition) is 5. The second-order valence-corrected chi connectivity index (χ2v) is 7.37. The maximum absolute atomic E-state index is 9.95. The van der Waals surface area contributed by atoms with Gasteiger partial charge in [0, 0.05) is 18.5 Å². The van der Waals surface area contributed by atoms with Crippen molar-refractivity contribution in [1.29, 1.82) is 0 Å². The summed E-state index contributed by atoms with van der Waals surface area (Å²) < 4.78 is 7.43. The molecule has 6 heteroatoms. The number of β-amino-alcohol motifs (C(OH)–C–C–N with tert-alkyl or cyclic N) is 1. The van der Waals surface area contributed by atoms with E-state index in [1.54, 1.807) is 7.11 Å². The maximum Gasteiger partial charge on any atom is 0.155 e. The average molecular weight is 378 g/mol. The zero-order chi connectivity index (χ0) is 19.5. The lowest BCUT2D eigenvalue weighted by Gasteiger charge is -2.11. The second kappa shape index (κ2) is 8.12. The first-order valence-corrected chi connectivity index (χ1v) is 9.65. The summed E-state index contributed by atoms with van der Waals surface area (Å²) in [5.74, 6) is 2.48. The molecular weight excluding hydrogens is 352 g/mol. The van der Waals surface area contributed by atoms with Crippen LogP contribution >= 0.6 is 0 Å². The monoisotopic (exact) mass is 378 g/mol. The van der Waals surface area contributed by atoms with Crippen LogP contribution in [0.1, 0.15) is 40.8 Å². The molecule has 1 aliphatic rings. The zero-order valence-electron chi connectivity index (χ0n) is 16.3. The van der Waals surface area contributed by atoms with Gasteiger partial charge in [-0.15, -0.1) is 0 Å². The van der Waals surface area contributed by atoms with Crippen molar-refractivity contribution < 1.29 is 9.84 Å². The molecule has 2 N–H and O–H groups in total. The molecule has 0 spiro atoms. The van der Waals surface area contributed by atoms with Gasteiger partial charge in [0.2, 0.25) is 0 Å². The number of aromatic nitrogens is 3. The molecule has 146 valence electrons. The number of aliphatic hydroxyl groups excluding tert-OH is 1. The molecule has 0 unspecified atom stereocenters. The van der Waals surface area contributed by atoms with Crippen molar-refractivity contribution in [3.05, 3.63) is 76.9 Å².